The van der Waals surface area contributed by atoms with Crippen LogP contribution in [0.15, 0.2) is 23.1 Å². The van der Waals surface area contributed by atoms with Crippen LogP contribution in [-0.2, 0) is 14.8 Å². The number of amides is 1. The zero-order valence-corrected chi connectivity index (χ0v) is 15.8. The van der Waals surface area contributed by atoms with E-state index in [-0.39, 0.29) is 40.3 Å². The number of nitrogens with two attached hydrogens (primary N) is 1. The van der Waals surface area contributed by atoms with Gasteiger partial charge in [-0.3, -0.25) is 4.79 Å². The number of carbonyl (C=O) groups is 1. The van der Waals surface area contributed by atoms with E-state index in [1.807, 2.05) is 6.07 Å². The number of benzene rings is 1. The topological polar surface area (TPSA) is 116 Å². The molecule has 0 aliphatic carbocycles. The van der Waals surface area contributed by atoms with Crippen molar-refractivity contribution in [1.29, 1.82) is 5.26 Å². The predicted octanol–water partition coefficient (Wildman–Crippen LogP) is 1.11. The van der Waals surface area contributed by atoms with Crippen LogP contribution in [0, 0.1) is 17.2 Å². The lowest BCUT2D eigenvalue weighted by molar-refractivity contribution is -0.126. The smallest absolute Gasteiger partial charge is 0.244 e. The van der Waals surface area contributed by atoms with Crippen molar-refractivity contribution in [3.8, 4) is 6.07 Å². The normalized spacial score (nSPS) is 18.0. The first kappa shape index (κ1) is 21.7. The fraction of sp³-hybridized carbons (Fsp3) is 0.467. The molecule has 2 rings (SSSR count). The number of carbonyl (C=O) groups excluding carboxylic acids is 1. The summed E-state index contributed by atoms with van der Waals surface area (Å²) in [7, 11) is -3.82. The summed E-state index contributed by atoms with van der Waals surface area (Å²) in [6.45, 7) is 1.14. The van der Waals surface area contributed by atoms with Crippen LogP contribution in [0.2, 0.25) is 5.02 Å². The van der Waals surface area contributed by atoms with Crippen LogP contribution in [0.25, 0.3) is 0 Å². The Labute approximate surface area is 158 Å². The third-order valence-electron chi connectivity index (χ3n) is 3.88. The number of sulfonamides is 1. The highest BCUT2D eigenvalue weighted by molar-refractivity contribution is 7.89. The molecule has 7 nitrogen and oxygen atoms in total. The van der Waals surface area contributed by atoms with Crippen molar-refractivity contribution in [2.24, 2.45) is 11.7 Å². The number of hydrogen-bond acceptors (Lipinski definition) is 5. The van der Waals surface area contributed by atoms with E-state index in [0.29, 0.717) is 32.5 Å². The highest BCUT2D eigenvalue weighted by Gasteiger charge is 2.34. The molecular weight excluding hydrogens is 387 g/mol. The molecule has 0 saturated carbocycles. The van der Waals surface area contributed by atoms with Gasteiger partial charge in [0.2, 0.25) is 15.9 Å². The van der Waals surface area contributed by atoms with Gasteiger partial charge in [-0.05, 0) is 31.0 Å². The van der Waals surface area contributed by atoms with Crippen LogP contribution in [0.4, 0.5) is 0 Å². The minimum atomic E-state index is -3.82. The van der Waals surface area contributed by atoms with Gasteiger partial charge in [0, 0.05) is 26.2 Å². The fourth-order valence-corrected chi connectivity index (χ4v) is 4.68. The van der Waals surface area contributed by atoms with E-state index in [1.54, 1.807) is 0 Å². The number of nitrogens with one attached hydrogen (secondary N) is 1. The predicted molar refractivity (Wildman–Crippen MR) is 97.0 cm³/mol. The lowest BCUT2D eigenvalue weighted by Crippen LogP contribution is -2.46. The molecule has 0 bridgehead atoms. The highest BCUT2D eigenvalue weighted by atomic mass is 35.5. The van der Waals surface area contributed by atoms with Crippen LogP contribution < -0.4 is 11.1 Å². The van der Waals surface area contributed by atoms with E-state index in [4.69, 9.17) is 22.6 Å². The quantitative estimate of drug-likeness (QED) is 0.759. The van der Waals surface area contributed by atoms with Crippen molar-refractivity contribution < 1.29 is 13.2 Å². The molecular formula is C15H20Cl2N4O3S. The van der Waals surface area contributed by atoms with Crippen LogP contribution in [-0.4, -0.2) is 44.8 Å². The van der Waals surface area contributed by atoms with Gasteiger partial charge in [-0.1, -0.05) is 11.6 Å². The van der Waals surface area contributed by atoms with Crippen molar-refractivity contribution in [3.05, 3.63) is 28.8 Å². The lowest BCUT2D eigenvalue weighted by Gasteiger charge is -2.31. The SMILES string of the molecule is Cl.N#Cc1ccc(S(=O)(=O)N2CCCC(C(=O)NCCN)C2)c(Cl)c1. The summed E-state index contributed by atoms with van der Waals surface area (Å²) in [5.74, 6) is -0.594. The molecule has 1 unspecified atom stereocenters. The van der Waals surface area contributed by atoms with Crippen LogP contribution in [0.5, 0.6) is 0 Å². The molecule has 1 aliphatic heterocycles. The summed E-state index contributed by atoms with van der Waals surface area (Å²) < 4.78 is 26.9. The van der Waals surface area contributed by atoms with Crippen molar-refractivity contribution in [2.75, 3.05) is 26.2 Å². The zero-order valence-electron chi connectivity index (χ0n) is 13.4. The molecule has 1 aromatic carbocycles. The van der Waals surface area contributed by atoms with Gasteiger partial charge < -0.3 is 11.1 Å². The molecule has 0 aromatic heterocycles. The second-order valence-corrected chi connectivity index (χ2v) is 7.85. The largest absolute Gasteiger partial charge is 0.355 e. The van der Waals surface area contributed by atoms with Gasteiger partial charge in [0.1, 0.15) is 4.90 Å². The van der Waals surface area contributed by atoms with Gasteiger partial charge in [0.25, 0.3) is 0 Å². The van der Waals surface area contributed by atoms with Gasteiger partial charge >= 0.3 is 0 Å². The average Bonchev–Trinajstić information content (AvgIpc) is 2.59. The standard InChI is InChI=1S/C15H19ClN4O3S.ClH/c16-13-8-11(9-18)3-4-14(13)24(22,23)20-7-1-2-12(10-20)15(21)19-6-5-17;/h3-4,8,12H,1-2,5-7,10,17H2,(H,19,21);1H. The Morgan fingerprint density at radius 2 is 2.20 bits per heavy atom. The second-order valence-electron chi connectivity index (χ2n) is 5.54. The van der Waals surface area contributed by atoms with E-state index in [0.717, 1.165) is 0 Å². The molecule has 10 heteroatoms. The third kappa shape index (κ3) is 5.06. The Morgan fingerprint density at radius 3 is 2.80 bits per heavy atom. The van der Waals surface area contributed by atoms with E-state index in [2.05, 4.69) is 5.32 Å². The number of nitriles is 1. The molecule has 1 fully saturated rings. The lowest BCUT2D eigenvalue weighted by atomic mass is 9.99. The number of rotatable bonds is 5. The minimum Gasteiger partial charge on any atom is -0.355 e. The van der Waals surface area contributed by atoms with E-state index in [1.165, 1.54) is 22.5 Å². The van der Waals surface area contributed by atoms with Gasteiger partial charge in [0.15, 0.2) is 0 Å². The van der Waals surface area contributed by atoms with E-state index in [9.17, 15) is 13.2 Å². The molecule has 1 heterocycles. The summed E-state index contributed by atoms with van der Waals surface area (Å²) in [5, 5.41) is 11.5. The summed E-state index contributed by atoms with van der Waals surface area (Å²) in [6, 6.07) is 5.97. The molecule has 0 spiro atoms. The maximum atomic E-state index is 12.8. The molecule has 1 amide bonds. The van der Waals surface area contributed by atoms with Crippen molar-refractivity contribution in [1.82, 2.24) is 9.62 Å². The molecule has 25 heavy (non-hydrogen) atoms. The zero-order chi connectivity index (χ0) is 17.7. The molecule has 0 radical (unpaired) electrons. The van der Waals surface area contributed by atoms with Crippen LogP contribution in [0.3, 0.4) is 0 Å². The van der Waals surface area contributed by atoms with Crippen LogP contribution >= 0.6 is 24.0 Å². The Kier molecular flexibility index (Phi) is 8.12. The first-order valence-corrected chi connectivity index (χ1v) is 9.39. The molecule has 138 valence electrons. The van der Waals surface area contributed by atoms with Gasteiger partial charge in [-0.15, -0.1) is 12.4 Å². The molecule has 1 aliphatic rings. The first-order valence-electron chi connectivity index (χ1n) is 7.57. The van der Waals surface area contributed by atoms with Gasteiger partial charge in [0.05, 0.1) is 22.6 Å². The number of halogens is 2. The first-order chi connectivity index (χ1) is 11.4. The third-order valence-corrected chi connectivity index (χ3v) is 6.23. The summed E-state index contributed by atoms with van der Waals surface area (Å²) >= 11 is 6.03. The summed E-state index contributed by atoms with van der Waals surface area (Å²) in [4.78, 5) is 12.0. The summed E-state index contributed by atoms with van der Waals surface area (Å²) in [6.07, 6.45) is 1.22. The summed E-state index contributed by atoms with van der Waals surface area (Å²) in [5.41, 5.74) is 5.65. The van der Waals surface area contributed by atoms with Gasteiger partial charge in [-0.2, -0.15) is 9.57 Å². The van der Waals surface area contributed by atoms with Crippen molar-refractivity contribution >= 4 is 39.9 Å². The second kappa shape index (κ2) is 9.36. The Balaban J connectivity index is 0.00000312. The monoisotopic (exact) mass is 406 g/mol. The number of hydrogen-bond donors (Lipinski definition) is 2. The van der Waals surface area contributed by atoms with Crippen LogP contribution in [0.1, 0.15) is 18.4 Å². The maximum absolute atomic E-state index is 12.8. The Hall–Kier alpha value is -1.37. The van der Waals surface area contributed by atoms with E-state index >= 15 is 0 Å². The van der Waals surface area contributed by atoms with Gasteiger partial charge in [-0.25, -0.2) is 8.42 Å². The molecule has 3 N–H and O–H groups in total. The molecule has 1 atom stereocenters. The number of piperidine rings is 1. The van der Waals surface area contributed by atoms with E-state index < -0.39 is 15.9 Å². The molecule has 1 saturated heterocycles. The minimum absolute atomic E-state index is 0. The maximum Gasteiger partial charge on any atom is 0.244 e. The average molecular weight is 407 g/mol. The van der Waals surface area contributed by atoms with Crippen molar-refractivity contribution in [2.45, 2.75) is 17.7 Å². The number of nitrogens with zero attached hydrogens (tertiary/aromatic N) is 2. The van der Waals surface area contributed by atoms with Crippen molar-refractivity contribution in [3.63, 3.8) is 0 Å². The molecule has 1 aromatic rings. The fourth-order valence-electron chi connectivity index (χ4n) is 2.63. The Morgan fingerprint density at radius 1 is 1.48 bits per heavy atom. The highest BCUT2D eigenvalue weighted by Crippen LogP contribution is 2.29. The Bertz CT molecular complexity index is 765.